The molecule has 6 nitrogen and oxygen atoms in total. The lowest BCUT2D eigenvalue weighted by molar-refractivity contribution is -0.387. The van der Waals surface area contributed by atoms with E-state index in [0.29, 0.717) is 17.8 Å². The Morgan fingerprint density at radius 1 is 1.19 bits per heavy atom. The molecular formula is C18H23FN2O4S. The van der Waals surface area contributed by atoms with Crippen molar-refractivity contribution in [3.05, 3.63) is 34.1 Å². The van der Waals surface area contributed by atoms with Crippen LogP contribution in [0.4, 0.5) is 10.1 Å². The Morgan fingerprint density at radius 2 is 1.73 bits per heavy atom. The molecule has 0 heterocycles. The summed E-state index contributed by atoms with van der Waals surface area (Å²) >= 11 is 0. The number of hydrogen-bond acceptors (Lipinski definition) is 4. The molecule has 4 aliphatic rings. The molecule has 0 unspecified atom stereocenters. The van der Waals surface area contributed by atoms with Crippen molar-refractivity contribution in [2.45, 2.75) is 56.4 Å². The van der Waals surface area contributed by atoms with E-state index in [1.54, 1.807) is 0 Å². The molecule has 4 bridgehead atoms. The minimum atomic E-state index is -3.95. The minimum absolute atomic E-state index is 0.0201. The second-order valence-corrected chi connectivity index (χ2v) is 10.2. The topological polar surface area (TPSA) is 89.3 Å². The molecule has 5 rings (SSSR count). The van der Waals surface area contributed by atoms with Gasteiger partial charge in [-0.2, -0.15) is 4.39 Å². The van der Waals surface area contributed by atoms with Crippen molar-refractivity contribution in [2.24, 2.45) is 23.2 Å². The number of halogens is 1. The maximum atomic E-state index is 13.5. The highest BCUT2D eigenvalue weighted by molar-refractivity contribution is 7.89. The van der Waals surface area contributed by atoms with Crippen LogP contribution in [0.2, 0.25) is 0 Å². The van der Waals surface area contributed by atoms with Crippen LogP contribution in [0.5, 0.6) is 0 Å². The molecule has 1 N–H and O–H groups in total. The summed E-state index contributed by atoms with van der Waals surface area (Å²) in [5.74, 6) is 1.04. The number of nitro benzene ring substituents is 1. The van der Waals surface area contributed by atoms with Crippen molar-refractivity contribution in [3.63, 3.8) is 0 Å². The maximum Gasteiger partial charge on any atom is 0.306 e. The van der Waals surface area contributed by atoms with E-state index < -0.39 is 26.5 Å². The molecule has 1 atom stereocenters. The summed E-state index contributed by atoms with van der Waals surface area (Å²) in [5.41, 5.74) is -0.844. The van der Waals surface area contributed by atoms with Gasteiger partial charge in [0.2, 0.25) is 15.8 Å². The third-order valence-electron chi connectivity index (χ3n) is 6.76. The summed E-state index contributed by atoms with van der Waals surface area (Å²) in [6, 6.07) is 2.47. The highest BCUT2D eigenvalue weighted by Crippen LogP contribution is 2.61. The van der Waals surface area contributed by atoms with Gasteiger partial charge in [0, 0.05) is 12.1 Å². The lowest BCUT2D eigenvalue weighted by Gasteiger charge is -2.59. The van der Waals surface area contributed by atoms with E-state index in [0.717, 1.165) is 37.5 Å². The number of nitrogens with one attached hydrogen (secondary N) is 1. The monoisotopic (exact) mass is 382 g/mol. The molecule has 0 aliphatic heterocycles. The van der Waals surface area contributed by atoms with Gasteiger partial charge in [0.15, 0.2) is 0 Å². The van der Waals surface area contributed by atoms with Crippen LogP contribution in [-0.4, -0.2) is 19.4 Å². The number of rotatable bonds is 5. The smallest absolute Gasteiger partial charge is 0.258 e. The number of hydrogen-bond donors (Lipinski definition) is 1. The van der Waals surface area contributed by atoms with Gasteiger partial charge >= 0.3 is 5.69 Å². The van der Waals surface area contributed by atoms with E-state index in [1.807, 2.05) is 6.92 Å². The predicted molar refractivity (Wildman–Crippen MR) is 93.4 cm³/mol. The van der Waals surface area contributed by atoms with Crippen LogP contribution in [0.25, 0.3) is 0 Å². The van der Waals surface area contributed by atoms with Crippen LogP contribution >= 0.6 is 0 Å². The summed E-state index contributed by atoms with van der Waals surface area (Å²) in [5, 5.41) is 10.9. The normalized spacial score (nSPS) is 34.0. The van der Waals surface area contributed by atoms with Gasteiger partial charge in [-0.3, -0.25) is 10.1 Å². The molecule has 4 fully saturated rings. The van der Waals surface area contributed by atoms with Gasteiger partial charge in [0.05, 0.1) is 9.82 Å². The molecule has 0 radical (unpaired) electrons. The van der Waals surface area contributed by atoms with E-state index in [9.17, 15) is 22.9 Å². The highest BCUT2D eigenvalue weighted by Gasteiger charge is 2.53. The van der Waals surface area contributed by atoms with Crippen LogP contribution < -0.4 is 4.72 Å². The molecule has 26 heavy (non-hydrogen) atoms. The second kappa shape index (κ2) is 5.99. The van der Waals surface area contributed by atoms with Crippen LogP contribution in [0.15, 0.2) is 23.1 Å². The van der Waals surface area contributed by atoms with Gasteiger partial charge in [-0.15, -0.1) is 0 Å². The molecule has 8 heteroatoms. The van der Waals surface area contributed by atoms with Gasteiger partial charge in [-0.1, -0.05) is 0 Å². The Bertz CT molecular complexity index is 819. The Labute approximate surface area is 152 Å². The SMILES string of the molecule is C[C@@H](NS(=O)(=O)c1ccc(F)c([N+](=O)[O-])c1)C12CC3CC(CC(C3)C1)C2. The van der Waals surface area contributed by atoms with Crippen LogP contribution in [0.1, 0.15) is 45.4 Å². The molecular weight excluding hydrogens is 359 g/mol. The lowest BCUT2D eigenvalue weighted by atomic mass is 9.48. The van der Waals surface area contributed by atoms with E-state index in [4.69, 9.17) is 0 Å². The third-order valence-corrected chi connectivity index (χ3v) is 8.30. The Hall–Kier alpha value is -1.54. The molecule has 0 amide bonds. The first-order chi connectivity index (χ1) is 12.2. The van der Waals surface area contributed by atoms with Crippen molar-refractivity contribution in [2.75, 3.05) is 0 Å². The van der Waals surface area contributed by atoms with E-state index in [1.165, 1.54) is 19.3 Å². The quantitative estimate of drug-likeness (QED) is 0.622. The van der Waals surface area contributed by atoms with Crippen molar-refractivity contribution in [1.82, 2.24) is 4.72 Å². The van der Waals surface area contributed by atoms with Crippen molar-refractivity contribution >= 4 is 15.7 Å². The average molecular weight is 382 g/mol. The zero-order chi connectivity index (χ0) is 18.7. The molecule has 0 saturated heterocycles. The van der Waals surface area contributed by atoms with Gasteiger partial charge in [0.25, 0.3) is 0 Å². The number of benzene rings is 1. The lowest BCUT2D eigenvalue weighted by Crippen LogP contribution is -2.55. The van der Waals surface area contributed by atoms with Crippen LogP contribution in [-0.2, 0) is 10.0 Å². The summed E-state index contributed by atoms with van der Waals surface area (Å²) < 4.78 is 41.8. The van der Waals surface area contributed by atoms with Crippen LogP contribution in [0, 0.1) is 39.1 Å². The summed E-state index contributed by atoms with van der Waals surface area (Å²) in [6.45, 7) is 1.91. The minimum Gasteiger partial charge on any atom is -0.258 e. The molecule has 4 aliphatic carbocycles. The number of sulfonamides is 1. The van der Waals surface area contributed by atoms with Crippen molar-refractivity contribution in [3.8, 4) is 0 Å². The van der Waals surface area contributed by atoms with E-state index in [-0.39, 0.29) is 16.4 Å². The van der Waals surface area contributed by atoms with E-state index >= 15 is 0 Å². The largest absolute Gasteiger partial charge is 0.306 e. The first-order valence-corrected chi connectivity index (χ1v) is 10.6. The highest BCUT2D eigenvalue weighted by atomic mass is 32.2. The first kappa shape index (κ1) is 17.9. The number of nitro groups is 1. The summed E-state index contributed by atoms with van der Waals surface area (Å²) in [7, 11) is -3.95. The Morgan fingerprint density at radius 3 is 2.23 bits per heavy atom. The standard InChI is InChI=1S/C18H23FN2O4S/c1-11(18-8-12-4-13(9-18)6-14(5-12)10-18)20-26(24,25)15-2-3-16(19)17(7-15)21(22)23/h2-3,7,11-14,20H,4-6,8-10H2,1H3/t11-,12?,13?,14?,18?/m1/s1. The Kier molecular flexibility index (Phi) is 4.11. The molecule has 1 aromatic rings. The van der Waals surface area contributed by atoms with Crippen molar-refractivity contribution in [1.29, 1.82) is 0 Å². The zero-order valence-electron chi connectivity index (χ0n) is 14.7. The fraction of sp³-hybridized carbons (Fsp3) is 0.667. The average Bonchev–Trinajstić information content (AvgIpc) is 2.53. The summed E-state index contributed by atoms with van der Waals surface area (Å²) in [4.78, 5) is 9.74. The molecule has 0 aromatic heterocycles. The predicted octanol–water partition coefficient (Wildman–Crippen LogP) is 3.62. The summed E-state index contributed by atoms with van der Waals surface area (Å²) in [6.07, 6.45) is 6.94. The third kappa shape index (κ3) is 2.93. The number of nitrogens with zero attached hydrogens (tertiary/aromatic N) is 1. The second-order valence-electron chi connectivity index (χ2n) is 8.49. The molecule has 0 spiro atoms. The van der Waals surface area contributed by atoms with Crippen LogP contribution in [0.3, 0.4) is 0 Å². The fourth-order valence-electron chi connectivity index (χ4n) is 5.93. The molecule has 1 aromatic carbocycles. The molecule has 142 valence electrons. The Balaban J connectivity index is 1.58. The van der Waals surface area contributed by atoms with Gasteiger partial charge in [-0.05, 0) is 80.8 Å². The van der Waals surface area contributed by atoms with Gasteiger partial charge in [-0.25, -0.2) is 13.1 Å². The first-order valence-electron chi connectivity index (χ1n) is 9.15. The van der Waals surface area contributed by atoms with Gasteiger partial charge < -0.3 is 0 Å². The van der Waals surface area contributed by atoms with Gasteiger partial charge in [0.1, 0.15) is 0 Å². The maximum absolute atomic E-state index is 13.5. The van der Waals surface area contributed by atoms with E-state index in [2.05, 4.69) is 4.72 Å². The molecule has 4 saturated carbocycles. The van der Waals surface area contributed by atoms with Crippen molar-refractivity contribution < 1.29 is 17.7 Å². The zero-order valence-corrected chi connectivity index (χ0v) is 15.5. The fourth-order valence-corrected chi connectivity index (χ4v) is 7.30.